The third kappa shape index (κ3) is 3.13. The van der Waals surface area contributed by atoms with E-state index in [0.717, 1.165) is 18.9 Å². The maximum absolute atomic E-state index is 5.57. The van der Waals surface area contributed by atoms with E-state index in [4.69, 9.17) is 18.0 Å². The summed E-state index contributed by atoms with van der Waals surface area (Å²) in [6.45, 7) is 0.908. The second-order valence-electron chi connectivity index (χ2n) is 4.13. The molecule has 3 N–H and O–H groups in total. The van der Waals surface area contributed by atoms with Gasteiger partial charge in [-0.3, -0.25) is 0 Å². The number of nitrogens with two attached hydrogens (primary N) is 1. The molecular weight excluding hydrogens is 220 g/mol. The Balaban J connectivity index is 1.84. The number of hydrogen-bond acceptors (Lipinski definition) is 4. The fourth-order valence-electron chi connectivity index (χ4n) is 1.65. The first-order valence-electron chi connectivity index (χ1n) is 5.62. The number of aromatic nitrogens is 2. The Kier molecular flexibility index (Phi) is 3.66. The van der Waals surface area contributed by atoms with Gasteiger partial charge in [-0.05, 0) is 18.8 Å². The molecule has 0 bridgehead atoms. The van der Waals surface area contributed by atoms with Crippen LogP contribution in [-0.2, 0) is 0 Å². The van der Waals surface area contributed by atoms with Gasteiger partial charge in [-0.2, -0.15) is 0 Å². The summed E-state index contributed by atoms with van der Waals surface area (Å²) in [5, 5.41) is 3.24. The molecule has 0 aromatic carbocycles. The lowest BCUT2D eigenvalue weighted by molar-refractivity contribution is 0.686. The van der Waals surface area contributed by atoms with Crippen molar-refractivity contribution in [3.05, 3.63) is 18.1 Å². The molecule has 0 spiro atoms. The molecule has 1 heterocycles. The molecule has 5 heteroatoms. The van der Waals surface area contributed by atoms with Gasteiger partial charge >= 0.3 is 0 Å². The van der Waals surface area contributed by atoms with Crippen LogP contribution in [0.4, 0.5) is 5.82 Å². The molecule has 0 saturated heterocycles. The van der Waals surface area contributed by atoms with Crippen molar-refractivity contribution >= 4 is 23.0 Å². The van der Waals surface area contributed by atoms with E-state index in [1.807, 2.05) is 0 Å². The van der Waals surface area contributed by atoms with Crippen LogP contribution in [0.5, 0.6) is 0 Å². The molecule has 16 heavy (non-hydrogen) atoms. The third-order valence-electron chi connectivity index (χ3n) is 2.71. The van der Waals surface area contributed by atoms with Gasteiger partial charge in [0.15, 0.2) is 5.82 Å². The average Bonchev–Trinajstić information content (AvgIpc) is 3.08. The second-order valence-corrected chi connectivity index (χ2v) is 4.57. The van der Waals surface area contributed by atoms with Crippen molar-refractivity contribution < 1.29 is 0 Å². The van der Waals surface area contributed by atoms with Crippen molar-refractivity contribution in [3.8, 4) is 0 Å². The van der Waals surface area contributed by atoms with Gasteiger partial charge in [-0.25, -0.2) is 9.97 Å². The van der Waals surface area contributed by atoms with E-state index in [1.165, 1.54) is 19.3 Å². The molecule has 1 aromatic rings. The highest BCUT2D eigenvalue weighted by atomic mass is 32.1. The summed E-state index contributed by atoms with van der Waals surface area (Å²) in [7, 11) is 0. The first-order chi connectivity index (χ1) is 7.77. The fourth-order valence-corrected chi connectivity index (χ4v) is 1.80. The van der Waals surface area contributed by atoms with Crippen molar-refractivity contribution in [2.24, 2.45) is 11.7 Å². The number of hydrogen-bond donors (Lipinski definition) is 2. The zero-order valence-electron chi connectivity index (χ0n) is 9.15. The highest BCUT2D eigenvalue weighted by Gasteiger charge is 2.20. The van der Waals surface area contributed by atoms with Crippen LogP contribution in [0.2, 0.25) is 0 Å². The molecule has 1 aliphatic rings. The molecule has 86 valence electrons. The van der Waals surface area contributed by atoms with Gasteiger partial charge < -0.3 is 11.1 Å². The molecule has 1 saturated carbocycles. The zero-order chi connectivity index (χ0) is 11.4. The number of nitrogens with one attached hydrogen (secondary N) is 1. The van der Waals surface area contributed by atoms with Crippen LogP contribution in [0.15, 0.2) is 12.4 Å². The molecular formula is C11H16N4S. The van der Waals surface area contributed by atoms with Gasteiger partial charge in [0.05, 0.1) is 0 Å². The Bertz CT molecular complexity index is 376. The van der Waals surface area contributed by atoms with Crippen LogP contribution >= 0.6 is 12.2 Å². The van der Waals surface area contributed by atoms with E-state index in [-0.39, 0.29) is 4.99 Å². The molecule has 1 aliphatic carbocycles. The van der Waals surface area contributed by atoms with Crippen molar-refractivity contribution in [2.75, 3.05) is 11.9 Å². The zero-order valence-corrected chi connectivity index (χ0v) is 9.96. The largest absolute Gasteiger partial charge is 0.388 e. The Labute approximate surface area is 101 Å². The fraction of sp³-hybridized carbons (Fsp3) is 0.545. The summed E-state index contributed by atoms with van der Waals surface area (Å²) in [4.78, 5) is 8.59. The average molecular weight is 236 g/mol. The minimum Gasteiger partial charge on any atom is -0.388 e. The van der Waals surface area contributed by atoms with Gasteiger partial charge in [-0.1, -0.05) is 25.1 Å². The predicted molar refractivity (Wildman–Crippen MR) is 68.4 cm³/mol. The molecule has 1 fully saturated rings. The lowest BCUT2D eigenvalue weighted by Gasteiger charge is -2.08. The number of thiocarbonyl (C=S) groups is 1. The molecule has 0 unspecified atom stereocenters. The van der Waals surface area contributed by atoms with Crippen LogP contribution in [0.1, 0.15) is 31.4 Å². The summed E-state index contributed by atoms with van der Waals surface area (Å²) in [6, 6.07) is 0. The maximum Gasteiger partial charge on any atom is 0.155 e. The molecule has 1 aromatic heterocycles. The van der Waals surface area contributed by atoms with E-state index in [1.54, 1.807) is 12.4 Å². The van der Waals surface area contributed by atoms with Crippen LogP contribution in [0.3, 0.4) is 0 Å². The summed E-state index contributed by atoms with van der Waals surface area (Å²) in [5.41, 5.74) is 6.15. The summed E-state index contributed by atoms with van der Waals surface area (Å²) >= 11 is 4.92. The van der Waals surface area contributed by atoms with Crippen LogP contribution < -0.4 is 11.1 Å². The number of rotatable bonds is 6. The van der Waals surface area contributed by atoms with E-state index in [2.05, 4.69) is 15.3 Å². The van der Waals surface area contributed by atoms with Crippen molar-refractivity contribution in [1.82, 2.24) is 9.97 Å². The highest BCUT2D eigenvalue weighted by molar-refractivity contribution is 7.80. The van der Waals surface area contributed by atoms with E-state index in [9.17, 15) is 0 Å². The first kappa shape index (κ1) is 11.3. The predicted octanol–water partition coefficient (Wildman–Crippen LogP) is 1.71. The van der Waals surface area contributed by atoms with Gasteiger partial charge in [0.25, 0.3) is 0 Å². The molecule has 0 atom stereocenters. The number of nitrogens with zero attached hydrogens (tertiary/aromatic N) is 2. The topological polar surface area (TPSA) is 63.8 Å². The smallest absolute Gasteiger partial charge is 0.155 e. The normalized spacial score (nSPS) is 14.8. The maximum atomic E-state index is 5.57. The third-order valence-corrected chi connectivity index (χ3v) is 2.90. The molecule has 0 amide bonds. The standard InChI is InChI=1S/C11H16N4S/c12-10(16)9-11(15-7-6-13-9)14-5-1-2-8-3-4-8/h6-8H,1-5H2,(H2,12,16)(H,14,15). The lowest BCUT2D eigenvalue weighted by atomic mass is 10.2. The van der Waals surface area contributed by atoms with Gasteiger partial charge in [0, 0.05) is 18.9 Å². The SMILES string of the molecule is NC(=S)c1nccnc1NCCCC1CC1. The quantitative estimate of drug-likeness (QED) is 0.581. The summed E-state index contributed by atoms with van der Waals surface area (Å²) in [6.07, 6.45) is 8.52. The van der Waals surface area contributed by atoms with Gasteiger partial charge in [-0.15, -0.1) is 0 Å². The van der Waals surface area contributed by atoms with Crippen LogP contribution in [0.25, 0.3) is 0 Å². The van der Waals surface area contributed by atoms with Crippen LogP contribution in [0, 0.1) is 5.92 Å². The molecule has 2 rings (SSSR count). The monoisotopic (exact) mass is 236 g/mol. The highest BCUT2D eigenvalue weighted by Crippen LogP contribution is 2.33. The second kappa shape index (κ2) is 5.21. The Morgan fingerprint density at radius 3 is 2.88 bits per heavy atom. The van der Waals surface area contributed by atoms with Crippen LogP contribution in [-0.4, -0.2) is 21.5 Å². The lowest BCUT2D eigenvalue weighted by Crippen LogP contribution is -2.16. The van der Waals surface area contributed by atoms with Crippen molar-refractivity contribution in [3.63, 3.8) is 0 Å². The van der Waals surface area contributed by atoms with E-state index < -0.39 is 0 Å². The minimum absolute atomic E-state index is 0.290. The molecule has 0 radical (unpaired) electrons. The minimum atomic E-state index is 0.290. The summed E-state index contributed by atoms with van der Waals surface area (Å²) in [5.74, 6) is 1.67. The summed E-state index contributed by atoms with van der Waals surface area (Å²) < 4.78 is 0. The molecule has 4 nitrogen and oxygen atoms in total. The number of anilines is 1. The first-order valence-corrected chi connectivity index (χ1v) is 6.03. The Hall–Kier alpha value is -1.23. The van der Waals surface area contributed by atoms with E-state index >= 15 is 0 Å². The van der Waals surface area contributed by atoms with Crippen molar-refractivity contribution in [1.29, 1.82) is 0 Å². The Morgan fingerprint density at radius 1 is 1.44 bits per heavy atom. The van der Waals surface area contributed by atoms with E-state index in [0.29, 0.717) is 11.5 Å². The van der Waals surface area contributed by atoms with Crippen molar-refractivity contribution in [2.45, 2.75) is 25.7 Å². The Morgan fingerprint density at radius 2 is 2.19 bits per heavy atom. The molecule has 0 aliphatic heterocycles. The van der Waals surface area contributed by atoms with Gasteiger partial charge in [0.1, 0.15) is 10.7 Å². The van der Waals surface area contributed by atoms with Gasteiger partial charge in [0.2, 0.25) is 0 Å².